The number of hydrogen-bond donors (Lipinski definition) is 1. The largest absolute Gasteiger partial charge is 0.351 e. The van der Waals surface area contributed by atoms with Gasteiger partial charge in [0.25, 0.3) is 5.69 Å². The fraction of sp³-hybridized carbons (Fsp3) is 0.0968. The molecular weight excluding hydrogens is 539 g/mol. The number of nitrogens with zero attached hydrogens (tertiary/aromatic N) is 4. The first-order chi connectivity index (χ1) is 19.5. The number of pyridine rings is 1. The lowest BCUT2D eigenvalue weighted by Gasteiger charge is -2.29. The van der Waals surface area contributed by atoms with Crippen molar-refractivity contribution in [3.8, 4) is 5.69 Å². The summed E-state index contributed by atoms with van der Waals surface area (Å²) in [5.41, 5.74) is 5.35. The highest BCUT2D eigenvalue weighted by Gasteiger charge is 2.42. The smallest absolute Gasteiger partial charge is 0.269 e. The maximum absolute atomic E-state index is 11.0. The van der Waals surface area contributed by atoms with E-state index in [0.29, 0.717) is 5.11 Å². The molecule has 3 aromatic carbocycles. The molecule has 1 saturated heterocycles. The van der Waals surface area contributed by atoms with Crippen LogP contribution in [0.4, 0.5) is 11.4 Å². The quantitative estimate of drug-likeness (QED) is 0.125. The van der Waals surface area contributed by atoms with Crippen molar-refractivity contribution in [3.05, 3.63) is 143 Å². The van der Waals surface area contributed by atoms with Crippen LogP contribution in [0, 0.1) is 17.0 Å². The van der Waals surface area contributed by atoms with Gasteiger partial charge in [-0.1, -0.05) is 35.5 Å². The first-order valence-electron chi connectivity index (χ1n) is 12.8. The van der Waals surface area contributed by atoms with Gasteiger partial charge in [0, 0.05) is 51.4 Å². The van der Waals surface area contributed by atoms with Crippen LogP contribution in [0.15, 0.2) is 125 Å². The Labute approximate surface area is 241 Å². The Bertz CT molecular complexity index is 1650. The van der Waals surface area contributed by atoms with Crippen LogP contribution < -0.4 is 10.2 Å². The number of thiocarbonyl (C=S) groups is 1. The first-order valence-corrected chi connectivity index (χ1v) is 14.0. The lowest BCUT2D eigenvalue weighted by molar-refractivity contribution is -0.384. The van der Waals surface area contributed by atoms with Gasteiger partial charge in [0.05, 0.1) is 16.7 Å². The van der Waals surface area contributed by atoms with E-state index in [0.717, 1.165) is 32.6 Å². The second-order valence-corrected chi connectivity index (χ2v) is 11.0. The molecule has 1 N–H and O–H groups in total. The van der Waals surface area contributed by atoms with Gasteiger partial charge in [-0.15, -0.1) is 0 Å². The van der Waals surface area contributed by atoms with E-state index >= 15 is 0 Å². The Morgan fingerprint density at radius 2 is 1.55 bits per heavy atom. The van der Waals surface area contributed by atoms with Crippen LogP contribution in [0.1, 0.15) is 29.0 Å². The topological polar surface area (TPSA) is 76.2 Å². The maximum Gasteiger partial charge on any atom is 0.269 e. The predicted octanol–water partition coefficient (Wildman–Crippen LogP) is 7.42. The molecule has 2 aromatic heterocycles. The van der Waals surface area contributed by atoms with Gasteiger partial charge < -0.3 is 14.8 Å². The van der Waals surface area contributed by atoms with Gasteiger partial charge in [-0.05, 0) is 91.9 Å². The summed E-state index contributed by atoms with van der Waals surface area (Å²) < 4.78 is 2.21. The molecule has 9 heteroatoms. The number of non-ortho nitro benzene ring substituents is 1. The van der Waals surface area contributed by atoms with Crippen molar-refractivity contribution < 1.29 is 4.92 Å². The number of aromatic nitrogens is 2. The SMILES string of the molecule is Cc1ccc(-n2cccc2[C@@H]2[C@@H](c3ccccn3)NC(=S)N2c2ccc(Sc3ccc([N+](=O)[O-])cc3)cc2)cc1. The molecule has 0 radical (unpaired) electrons. The third-order valence-electron chi connectivity index (χ3n) is 6.89. The molecule has 0 amide bonds. The number of hydrogen-bond acceptors (Lipinski definition) is 5. The Morgan fingerprint density at radius 3 is 2.20 bits per heavy atom. The summed E-state index contributed by atoms with van der Waals surface area (Å²) in [6.45, 7) is 2.09. The van der Waals surface area contributed by atoms with E-state index in [1.165, 1.54) is 17.7 Å². The van der Waals surface area contributed by atoms with E-state index in [-0.39, 0.29) is 22.7 Å². The minimum absolute atomic E-state index is 0.0821. The van der Waals surface area contributed by atoms with Gasteiger partial charge in [0.15, 0.2) is 5.11 Å². The van der Waals surface area contributed by atoms with E-state index < -0.39 is 0 Å². The maximum atomic E-state index is 11.0. The third-order valence-corrected chi connectivity index (χ3v) is 8.22. The fourth-order valence-corrected chi connectivity index (χ4v) is 6.12. The molecular formula is C31H25N5O2S2. The Hall–Kier alpha value is -4.47. The highest BCUT2D eigenvalue weighted by atomic mass is 32.2. The van der Waals surface area contributed by atoms with Gasteiger partial charge in [-0.25, -0.2) is 0 Å². The molecule has 2 atom stereocenters. The second kappa shape index (κ2) is 11.0. The summed E-state index contributed by atoms with van der Waals surface area (Å²) in [6, 6.07) is 33.1. The molecule has 0 spiro atoms. The number of nitro groups is 1. The molecule has 0 saturated carbocycles. The van der Waals surface area contributed by atoms with Crippen LogP contribution in [-0.2, 0) is 0 Å². The second-order valence-electron chi connectivity index (χ2n) is 9.48. The normalized spacial score (nSPS) is 16.6. The van der Waals surface area contributed by atoms with Crippen LogP contribution in [0.25, 0.3) is 5.69 Å². The molecule has 6 rings (SSSR count). The Kier molecular flexibility index (Phi) is 7.06. The molecule has 1 fully saturated rings. The van der Waals surface area contributed by atoms with Crippen molar-refractivity contribution in [1.29, 1.82) is 0 Å². The summed E-state index contributed by atoms with van der Waals surface area (Å²) in [7, 11) is 0. The van der Waals surface area contributed by atoms with Crippen LogP contribution in [-0.4, -0.2) is 19.6 Å². The molecule has 40 heavy (non-hydrogen) atoms. The van der Waals surface area contributed by atoms with Gasteiger partial charge in [0.2, 0.25) is 0 Å². The van der Waals surface area contributed by atoms with Gasteiger partial charge in [-0.2, -0.15) is 0 Å². The van der Waals surface area contributed by atoms with Crippen molar-refractivity contribution in [2.45, 2.75) is 28.8 Å². The number of aryl methyl sites for hydroxylation is 1. The van der Waals surface area contributed by atoms with Crippen LogP contribution in [0.5, 0.6) is 0 Å². The highest BCUT2D eigenvalue weighted by Crippen LogP contribution is 2.43. The summed E-state index contributed by atoms with van der Waals surface area (Å²) >= 11 is 7.47. The predicted molar refractivity (Wildman–Crippen MR) is 162 cm³/mol. The molecule has 5 aromatic rings. The van der Waals surface area contributed by atoms with Crippen molar-refractivity contribution >= 4 is 40.5 Å². The molecule has 198 valence electrons. The van der Waals surface area contributed by atoms with E-state index in [1.807, 2.05) is 36.5 Å². The Balaban J connectivity index is 1.35. The van der Waals surface area contributed by atoms with Gasteiger partial charge in [0.1, 0.15) is 6.04 Å². The minimum Gasteiger partial charge on any atom is -0.351 e. The van der Waals surface area contributed by atoms with E-state index in [2.05, 4.69) is 81.4 Å². The lowest BCUT2D eigenvalue weighted by atomic mass is 10.0. The van der Waals surface area contributed by atoms with Gasteiger partial charge >= 0.3 is 0 Å². The first kappa shape index (κ1) is 25.8. The van der Waals surface area contributed by atoms with E-state index in [1.54, 1.807) is 23.9 Å². The molecule has 0 bridgehead atoms. The molecule has 3 heterocycles. The monoisotopic (exact) mass is 563 g/mol. The van der Waals surface area contributed by atoms with Crippen molar-refractivity contribution in [1.82, 2.24) is 14.9 Å². The standard InChI is InChI=1S/C31H25N5O2S2/c1-21-7-9-22(10-8-21)34-20-4-6-28(34)30-29(27-5-2-3-19-32-27)33-31(39)35(30)23-11-15-25(16-12-23)40-26-17-13-24(14-18-26)36(37)38/h2-20,29-30H,1H3,(H,33,39)/t29-,30-/m1/s1. The van der Waals surface area contributed by atoms with E-state index in [9.17, 15) is 10.1 Å². The van der Waals surface area contributed by atoms with Crippen molar-refractivity contribution in [2.75, 3.05) is 4.90 Å². The molecule has 0 aliphatic carbocycles. The average Bonchev–Trinajstić information content (AvgIpc) is 3.59. The van der Waals surface area contributed by atoms with E-state index in [4.69, 9.17) is 12.2 Å². The zero-order valence-electron chi connectivity index (χ0n) is 21.5. The van der Waals surface area contributed by atoms with Crippen LogP contribution >= 0.6 is 24.0 Å². The van der Waals surface area contributed by atoms with Crippen LogP contribution in [0.2, 0.25) is 0 Å². The number of rotatable bonds is 7. The van der Waals surface area contributed by atoms with Crippen molar-refractivity contribution in [3.63, 3.8) is 0 Å². The zero-order chi connectivity index (χ0) is 27.6. The number of benzene rings is 3. The van der Waals surface area contributed by atoms with Gasteiger partial charge in [-0.3, -0.25) is 15.1 Å². The highest BCUT2D eigenvalue weighted by molar-refractivity contribution is 7.99. The fourth-order valence-electron chi connectivity index (χ4n) is 4.96. The summed E-state index contributed by atoms with van der Waals surface area (Å²) in [5, 5.41) is 15.1. The molecule has 0 unspecified atom stereocenters. The Morgan fingerprint density at radius 1 is 0.875 bits per heavy atom. The third kappa shape index (κ3) is 5.09. The number of nitro benzene ring substituents is 1. The minimum atomic E-state index is -0.389. The molecule has 7 nitrogen and oxygen atoms in total. The lowest BCUT2D eigenvalue weighted by Crippen LogP contribution is -2.30. The molecule has 1 aliphatic heterocycles. The summed E-state index contributed by atoms with van der Waals surface area (Å²) in [4.78, 5) is 19.4. The summed E-state index contributed by atoms with van der Waals surface area (Å²) in [6.07, 6.45) is 3.89. The molecule has 1 aliphatic rings. The number of nitrogens with one attached hydrogen (secondary N) is 1. The zero-order valence-corrected chi connectivity index (χ0v) is 23.2. The summed E-state index contributed by atoms with van der Waals surface area (Å²) in [5.74, 6) is 0. The van der Waals surface area contributed by atoms with Crippen molar-refractivity contribution in [2.24, 2.45) is 0 Å². The number of anilines is 1. The average molecular weight is 564 g/mol. The van der Waals surface area contributed by atoms with Crippen LogP contribution in [0.3, 0.4) is 0 Å².